The first-order valence-electron chi connectivity index (χ1n) is 15.1. The third-order valence-electron chi connectivity index (χ3n) is 9.08. The van der Waals surface area contributed by atoms with Crippen molar-refractivity contribution in [1.29, 1.82) is 0 Å². The fourth-order valence-electron chi connectivity index (χ4n) is 6.55. The molecule has 3 aromatic carbocycles. The molecule has 6 rings (SSSR count). The normalized spacial score (nSPS) is 24.5. The quantitative estimate of drug-likeness (QED) is 0.329. The van der Waals surface area contributed by atoms with Gasteiger partial charge >= 0.3 is 0 Å². The van der Waals surface area contributed by atoms with Gasteiger partial charge in [0, 0.05) is 42.3 Å². The van der Waals surface area contributed by atoms with E-state index in [4.69, 9.17) is 5.73 Å². The Bertz CT molecular complexity index is 1580. The third kappa shape index (κ3) is 6.67. The van der Waals surface area contributed by atoms with Crippen molar-refractivity contribution in [2.75, 3.05) is 24.2 Å². The van der Waals surface area contributed by atoms with E-state index >= 15 is 4.39 Å². The number of nitrogens with one attached hydrogen (secondary N) is 2. The zero-order chi connectivity index (χ0) is 30.1. The van der Waals surface area contributed by atoms with Crippen LogP contribution in [0.5, 0.6) is 0 Å². The van der Waals surface area contributed by atoms with E-state index in [9.17, 15) is 17.6 Å². The molecule has 0 spiro atoms. The maximum atomic E-state index is 15.2. The molecule has 4 N–H and O–H groups in total. The number of benzene rings is 3. The molecule has 1 aliphatic carbocycles. The number of amides is 1. The van der Waals surface area contributed by atoms with Crippen LogP contribution in [0.2, 0.25) is 0 Å². The Hall–Kier alpha value is -3.18. The maximum absolute atomic E-state index is 15.2. The summed E-state index contributed by atoms with van der Waals surface area (Å²) >= 11 is 0. The lowest BCUT2D eigenvalue weighted by Gasteiger charge is -2.37. The van der Waals surface area contributed by atoms with Gasteiger partial charge in [0.1, 0.15) is 11.6 Å². The number of carbonyl (C=O) groups is 1. The second-order valence-electron chi connectivity index (χ2n) is 12.1. The van der Waals surface area contributed by atoms with Gasteiger partial charge in [-0.15, -0.1) is 0 Å². The second-order valence-corrected chi connectivity index (χ2v) is 14.1. The van der Waals surface area contributed by atoms with Gasteiger partial charge in [0.2, 0.25) is 15.9 Å². The van der Waals surface area contributed by atoms with Gasteiger partial charge in [0.25, 0.3) is 0 Å². The standard InChI is InChI=1S/C33H38F2N4O3S/c34-25-13-11-22(12-14-25)31(24-5-1-4-23(18-24)21-9-10-21)32(36)33(40)38-30-8-2-7-29(35)28(30)16-15-27-19-37-26-6-3-17-43(41,42)39(27)20-26/h1-2,4-5,7-8,11-14,18,21,26-27,31-32,37H,3,6,9-10,15-17,19-20,36H2,(H,38,40)/t26?,27?,31-,32-/m0/s1. The Balaban J connectivity index is 1.22. The first-order valence-corrected chi connectivity index (χ1v) is 16.7. The number of hydrogen-bond donors (Lipinski definition) is 3. The first kappa shape index (κ1) is 29.9. The third-order valence-corrected chi connectivity index (χ3v) is 11.0. The summed E-state index contributed by atoms with van der Waals surface area (Å²) in [5.41, 5.74) is 10.0. The largest absolute Gasteiger partial charge is 0.324 e. The molecule has 0 radical (unpaired) electrons. The van der Waals surface area contributed by atoms with Crippen molar-refractivity contribution in [3.63, 3.8) is 0 Å². The molecular formula is C33H38F2N4O3S. The van der Waals surface area contributed by atoms with E-state index in [0.717, 1.165) is 24.8 Å². The summed E-state index contributed by atoms with van der Waals surface area (Å²) in [7, 11) is -3.38. The minimum absolute atomic E-state index is 0.124. The highest BCUT2D eigenvalue weighted by Gasteiger charge is 2.38. The van der Waals surface area contributed by atoms with Crippen LogP contribution in [0.4, 0.5) is 14.5 Å². The number of halogens is 2. The first-order chi connectivity index (χ1) is 20.7. The lowest BCUT2D eigenvalue weighted by Crippen LogP contribution is -2.57. The van der Waals surface area contributed by atoms with Crippen LogP contribution in [0, 0.1) is 11.6 Å². The van der Waals surface area contributed by atoms with Gasteiger partial charge in [-0.2, -0.15) is 4.31 Å². The molecule has 5 atom stereocenters. The predicted octanol–water partition coefficient (Wildman–Crippen LogP) is 4.64. The molecule has 0 aromatic heterocycles. The van der Waals surface area contributed by atoms with Gasteiger partial charge in [-0.3, -0.25) is 4.79 Å². The highest BCUT2D eigenvalue weighted by Crippen LogP contribution is 2.41. The van der Waals surface area contributed by atoms with Gasteiger partial charge in [0.15, 0.2) is 0 Å². The minimum Gasteiger partial charge on any atom is -0.324 e. The summed E-state index contributed by atoms with van der Waals surface area (Å²) in [4.78, 5) is 13.7. The number of anilines is 1. The maximum Gasteiger partial charge on any atom is 0.242 e. The minimum atomic E-state index is -3.38. The topological polar surface area (TPSA) is 105 Å². The van der Waals surface area contributed by atoms with E-state index in [-0.39, 0.29) is 30.1 Å². The molecule has 2 heterocycles. The van der Waals surface area contributed by atoms with Crippen molar-refractivity contribution in [2.45, 2.75) is 68.5 Å². The molecule has 3 aromatic rings. The van der Waals surface area contributed by atoms with E-state index in [1.54, 1.807) is 22.5 Å². The average molecular weight is 609 g/mol. The van der Waals surface area contributed by atoms with Gasteiger partial charge in [-0.05, 0) is 85.4 Å². The highest BCUT2D eigenvalue weighted by molar-refractivity contribution is 7.89. The smallest absolute Gasteiger partial charge is 0.242 e. The number of carbonyl (C=O) groups excluding carboxylic acids is 1. The number of fused-ring (bicyclic) bond motifs is 2. The monoisotopic (exact) mass is 608 g/mol. The lowest BCUT2D eigenvalue weighted by atomic mass is 9.84. The summed E-state index contributed by atoms with van der Waals surface area (Å²) in [6.45, 7) is 0.930. The predicted molar refractivity (Wildman–Crippen MR) is 163 cm³/mol. The zero-order valence-corrected chi connectivity index (χ0v) is 24.8. The van der Waals surface area contributed by atoms with E-state index in [1.807, 2.05) is 12.1 Å². The molecule has 1 amide bonds. The van der Waals surface area contributed by atoms with Crippen LogP contribution in [0.15, 0.2) is 66.7 Å². The highest BCUT2D eigenvalue weighted by atomic mass is 32.2. The average Bonchev–Trinajstić information content (AvgIpc) is 3.85. The lowest BCUT2D eigenvalue weighted by molar-refractivity contribution is -0.117. The summed E-state index contributed by atoms with van der Waals surface area (Å²) in [6.07, 6.45) is 4.33. The van der Waals surface area contributed by atoms with E-state index < -0.39 is 33.7 Å². The Morgan fingerprint density at radius 2 is 1.79 bits per heavy atom. The van der Waals surface area contributed by atoms with Crippen LogP contribution in [-0.4, -0.2) is 55.6 Å². The fraction of sp³-hybridized carbons (Fsp3) is 0.424. The van der Waals surface area contributed by atoms with Gasteiger partial charge < -0.3 is 16.4 Å². The molecule has 228 valence electrons. The van der Waals surface area contributed by atoms with Crippen LogP contribution < -0.4 is 16.4 Å². The summed E-state index contributed by atoms with van der Waals surface area (Å²) in [5, 5.41) is 6.31. The molecule has 2 saturated heterocycles. The Morgan fingerprint density at radius 3 is 2.56 bits per heavy atom. The zero-order valence-electron chi connectivity index (χ0n) is 24.0. The molecular weight excluding hydrogens is 570 g/mol. The number of hydrogen-bond acceptors (Lipinski definition) is 5. The number of rotatable bonds is 9. The van der Waals surface area contributed by atoms with Crippen molar-refractivity contribution < 1.29 is 22.0 Å². The van der Waals surface area contributed by atoms with E-state index in [0.29, 0.717) is 48.7 Å². The summed E-state index contributed by atoms with van der Waals surface area (Å²) in [6, 6.07) is 17.3. The van der Waals surface area contributed by atoms with Crippen molar-refractivity contribution in [2.24, 2.45) is 5.73 Å². The Morgan fingerprint density at radius 1 is 1.02 bits per heavy atom. The van der Waals surface area contributed by atoms with Crippen LogP contribution in [0.3, 0.4) is 0 Å². The molecule has 1 saturated carbocycles. The second kappa shape index (κ2) is 12.4. The van der Waals surface area contributed by atoms with Crippen LogP contribution >= 0.6 is 0 Å². The van der Waals surface area contributed by atoms with E-state index in [2.05, 4.69) is 22.8 Å². The number of nitrogens with zero attached hydrogens (tertiary/aromatic N) is 1. The molecule has 3 fully saturated rings. The van der Waals surface area contributed by atoms with Crippen LogP contribution in [0.1, 0.15) is 66.2 Å². The van der Waals surface area contributed by atoms with Crippen molar-refractivity contribution in [3.8, 4) is 0 Å². The van der Waals surface area contributed by atoms with Gasteiger partial charge in [0.05, 0.1) is 11.8 Å². The molecule has 2 bridgehead atoms. The number of nitrogens with two attached hydrogens (primary N) is 1. The SMILES string of the molecule is N[C@H](C(=O)Nc1cccc(F)c1CCC1CNC2CCCS(=O)(=O)N1C2)[C@@H](c1ccc(F)cc1)c1cccc(C2CC2)c1. The fourth-order valence-corrected chi connectivity index (χ4v) is 8.36. The summed E-state index contributed by atoms with van der Waals surface area (Å²) < 4.78 is 56.4. The molecule has 2 aliphatic heterocycles. The van der Waals surface area contributed by atoms with Crippen molar-refractivity contribution >= 4 is 21.6 Å². The van der Waals surface area contributed by atoms with Gasteiger partial charge in [-0.1, -0.05) is 42.5 Å². The van der Waals surface area contributed by atoms with Crippen LogP contribution in [0.25, 0.3) is 0 Å². The molecule has 43 heavy (non-hydrogen) atoms. The summed E-state index contributed by atoms with van der Waals surface area (Å²) in [5.74, 6) is -1.27. The molecule has 3 unspecified atom stereocenters. The molecule has 10 heteroatoms. The number of sulfonamides is 1. The van der Waals surface area contributed by atoms with Crippen molar-refractivity contribution in [3.05, 3.63) is 101 Å². The van der Waals surface area contributed by atoms with Crippen molar-refractivity contribution in [1.82, 2.24) is 9.62 Å². The van der Waals surface area contributed by atoms with E-state index in [1.165, 1.54) is 29.8 Å². The molecule has 3 aliphatic rings. The Kier molecular flexibility index (Phi) is 8.64. The molecule has 7 nitrogen and oxygen atoms in total. The van der Waals surface area contributed by atoms with Gasteiger partial charge in [-0.25, -0.2) is 17.2 Å². The number of piperazine rings is 1. The Labute approximate surface area is 251 Å². The van der Waals surface area contributed by atoms with Crippen LogP contribution in [-0.2, 0) is 21.2 Å².